The number of carbonyl (C=O) groups is 1. The highest BCUT2D eigenvalue weighted by molar-refractivity contribution is 5.94. The normalized spacial score (nSPS) is 9.38. The predicted octanol–water partition coefficient (Wildman–Crippen LogP) is 3.21. The molecule has 21 heavy (non-hydrogen) atoms. The van der Waals surface area contributed by atoms with Crippen LogP contribution in [0.2, 0.25) is 0 Å². The summed E-state index contributed by atoms with van der Waals surface area (Å²) in [6.07, 6.45) is 0. The summed E-state index contributed by atoms with van der Waals surface area (Å²) in [4.78, 5) is 13.6. The number of nitrogens with zero attached hydrogens (tertiary/aromatic N) is 1. The number of amides is 1. The lowest BCUT2D eigenvalue weighted by molar-refractivity contribution is -0.123. The molecule has 0 saturated heterocycles. The molecule has 104 valence electrons. The molecule has 0 N–H and O–H groups in total. The van der Waals surface area contributed by atoms with Crippen LogP contribution in [0.4, 0.5) is 0 Å². The van der Waals surface area contributed by atoms with Crippen molar-refractivity contribution in [2.24, 2.45) is 0 Å². The quantitative estimate of drug-likeness (QED) is 0.788. The van der Waals surface area contributed by atoms with Gasteiger partial charge in [-0.2, -0.15) is 0 Å². The van der Waals surface area contributed by atoms with Crippen molar-refractivity contribution in [2.45, 2.75) is 0 Å². The standard InChI is InChI=1S/C19H17NO/c1-16(18-11-7-4-8-12-18)15-20(2)19(21)14-13-17-9-5-3-6-10-17/h3-12H,1,15H2,2H3. The highest BCUT2D eigenvalue weighted by Gasteiger charge is 2.07. The van der Waals surface area contributed by atoms with Crippen LogP contribution in [0, 0.1) is 11.8 Å². The number of hydrogen-bond acceptors (Lipinski definition) is 1. The largest absolute Gasteiger partial charge is 0.331 e. The van der Waals surface area contributed by atoms with Crippen LogP contribution in [-0.4, -0.2) is 24.4 Å². The van der Waals surface area contributed by atoms with Crippen LogP contribution in [0.1, 0.15) is 11.1 Å². The molecule has 2 aromatic carbocycles. The van der Waals surface area contributed by atoms with Gasteiger partial charge in [-0.3, -0.25) is 4.79 Å². The first-order valence-corrected chi connectivity index (χ1v) is 6.72. The van der Waals surface area contributed by atoms with Crippen molar-refractivity contribution in [1.82, 2.24) is 4.90 Å². The van der Waals surface area contributed by atoms with Crippen LogP contribution in [0.5, 0.6) is 0 Å². The first-order chi connectivity index (χ1) is 10.2. The lowest BCUT2D eigenvalue weighted by Gasteiger charge is -2.15. The van der Waals surface area contributed by atoms with Gasteiger partial charge in [-0.05, 0) is 23.3 Å². The summed E-state index contributed by atoms with van der Waals surface area (Å²) in [7, 11) is 1.73. The van der Waals surface area contributed by atoms with E-state index in [-0.39, 0.29) is 5.91 Å². The Morgan fingerprint density at radius 1 is 1.05 bits per heavy atom. The second kappa shape index (κ2) is 7.12. The van der Waals surface area contributed by atoms with E-state index in [1.165, 1.54) is 0 Å². The summed E-state index contributed by atoms with van der Waals surface area (Å²) >= 11 is 0. The van der Waals surface area contributed by atoms with E-state index < -0.39 is 0 Å². The van der Waals surface area contributed by atoms with E-state index in [0.717, 1.165) is 16.7 Å². The summed E-state index contributed by atoms with van der Waals surface area (Å²) in [6.45, 7) is 4.49. The molecule has 2 nitrogen and oxygen atoms in total. The van der Waals surface area contributed by atoms with Crippen LogP contribution in [-0.2, 0) is 4.79 Å². The third-order valence-electron chi connectivity index (χ3n) is 3.04. The first kappa shape index (κ1) is 14.6. The predicted molar refractivity (Wildman–Crippen MR) is 86.4 cm³/mol. The summed E-state index contributed by atoms with van der Waals surface area (Å²) in [5.74, 6) is 5.31. The minimum absolute atomic E-state index is 0.212. The van der Waals surface area contributed by atoms with E-state index in [0.29, 0.717) is 6.54 Å². The molecule has 2 rings (SSSR count). The molecule has 2 aromatic rings. The Hall–Kier alpha value is -2.79. The minimum atomic E-state index is -0.212. The maximum atomic E-state index is 12.0. The van der Waals surface area contributed by atoms with E-state index in [1.54, 1.807) is 11.9 Å². The Balaban J connectivity index is 1.98. The van der Waals surface area contributed by atoms with Crippen LogP contribution in [0.25, 0.3) is 5.57 Å². The third kappa shape index (κ3) is 4.36. The fourth-order valence-electron chi connectivity index (χ4n) is 1.87. The van der Waals surface area contributed by atoms with E-state index >= 15 is 0 Å². The Morgan fingerprint density at radius 2 is 1.62 bits per heavy atom. The van der Waals surface area contributed by atoms with Crippen molar-refractivity contribution in [1.29, 1.82) is 0 Å². The van der Waals surface area contributed by atoms with Gasteiger partial charge in [0.2, 0.25) is 0 Å². The van der Waals surface area contributed by atoms with Crippen molar-refractivity contribution >= 4 is 11.5 Å². The zero-order chi connectivity index (χ0) is 15.1. The first-order valence-electron chi connectivity index (χ1n) is 6.72. The molecular weight excluding hydrogens is 258 g/mol. The summed E-state index contributed by atoms with van der Waals surface area (Å²) in [5, 5.41) is 0. The Labute approximate surface area is 125 Å². The average Bonchev–Trinajstić information content (AvgIpc) is 2.54. The highest BCUT2D eigenvalue weighted by Crippen LogP contribution is 2.12. The zero-order valence-corrected chi connectivity index (χ0v) is 12.0. The molecule has 0 aliphatic rings. The number of carbonyl (C=O) groups excluding carboxylic acids is 1. The van der Waals surface area contributed by atoms with Crippen molar-refractivity contribution in [3.63, 3.8) is 0 Å². The fourth-order valence-corrected chi connectivity index (χ4v) is 1.87. The second-order valence-corrected chi connectivity index (χ2v) is 4.75. The summed E-state index contributed by atoms with van der Waals surface area (Å²) in [6, 6.07) is 19.3. The third-order valence-corrected chi connectivity index (χ3v) is 3.04. The monoisotopic (exact) mass is 275 g/mol. The zero-order valence-electron chi connectivity index (χ0n) is 12.0. The maximum absolute atomic E-state index is 12.0. The molecule has 0 bridgehead atoms. The van der Waals surface area contributed by atoms with Gasteiger partial charge in [-0.1, -0.05) is 61.0 Å². The van der Waals surface area contributed by atoms with Gasteiger partial charge in [0.1, 0.15) is 0 Å². The van der Waals surface area contributed by atoms with E-state index in [4.69, 9.17) is 0 Å². The molecule has 0 fully saturated rings. The van der Waals surface area contributed by atoms with E-state index in [2.05, 4.69) is 18.4 Å². The van der Waals surface area contributed by atoms with Crippen LogP contribution < -0.4 is 0 Å². The fraction of sp³-hybridized carbons (Fsp3) is 0.105. The molecule has 0 heterocycles. The average molecular weight is 275 g/mol. The van der Waals surface area contributed by atoms with E-state index in [9.17, 15) is 4.79 Å². The van der Waals surface area contributed by atoms with Gasteiger partial charge in [0.15, 0.2) is 0 Å². The number of hydrogen-bond donors (Lipinski definition) is 0. The second-order valence-electron chi connectivity index (χ2n) is 4.75. The number of rotatable bonds is 3. The summed E-state index contributed by atoms with van der Waals surface area (Å²) in [5.41, 5.74) is 2.77. The molecule has 1 amide bonds. The molecule has 0 radical (unpaired) electrons. The molecule has 0 aliphatic carbocycles. The summed E-state index contributed by atoms with van der Waals surface area (Å²) < 4.78 is 0. The molecule has 0 saturated carbocycles. The lowest BCUT2D eigenvalue weighted by Crippen LogP contribution is -2.26. The van der Waals surface area contributed by atoms with Crippen molar-refractivity contribution in [2.75, 3.05) is 13.6 Å². The van der Waals surface area contributed by atoms with Crippen LogP contribution >= 0.6 is 0 Å². The van der Waals surface area contributed by atoms with Gasteiger partial charge in [0.25, 0.3) is 5.91 Å². The molecular formula is C19H17NO. The minimum Gasteiger partial charge on any atom is -0.331 e. The van der Waals surface area contributed by atoms with Crippen molar-refractivity contribution < 1.29 is 4.79 Å². The Bertz CT molecular complexity index is 678. The van der Waals surface area contributed by atoms with Crippen molar-refractivity contribution in [3.8, 4) is 11.8 Å². The SMILES string of the molecule is C=C(CN(C)C(=O)C#Cc1ccccc1)c1ccccc1. The van der Waals surface area contributed by atoms with Gasteiger partial charge >= 0.3 is 0 Å². The van der Waals surface area contributed by atoms with Crippen LogP contribution in [0.3, 0.4) is 0 Å². The smallest absolute Gasteiger partial charge is 0.298 e. The Kier molecular flexibility index (Phi) is 4.95. The molecule has 2 heteroatoms. The number of likely N-dealkylation sites (N-methyl/N-ethyl adjacent to an activating group) is 1. The van der Waals surface area contributed by atoms with Crippen molar-refractivity contribution in [3.05, 3.63) is 78.4 Å². The Morgan fingerprint density at radius 3 is 2.24 bits per heavy atom. The van der Waals surface area contributed by atoms with Gasteiger partial charge < -0.3 is 4.90 Å². The number of benzene rings is 2. The molecule has 0 unspecified atom stereocenters. The van der Waals surface area contributed by atoms with Gasteiger partial charge in [0, 0.05) is 25.1 Å². The molecule has 0 atom stereocenters. The lowest BCUT2D eigenvalue weighted by atomic mass is 10.1. The van der Waals surface area contributed by atoms with Crippen LogP contribution in [0.15, 0.2) is 67.2 Å². The highest BCUT2D eigenvalue weighted by atomic mass is 16.2. The molecule has 0 aromatic heterocycles. The van der Waals surface area contributed by atoms with Gasteiger partial charge in [-0.25, -0.2) is 0 Å². The van der Waals surface area contributed by atoms with E-state index in [1.807, 2.05) is 60.7 Å². The topological polar surface area (TPSA) is 20.3 Å². The molecule has 0 aliphatic heterocycles. The maximum Gasteiger partial charge on any atom is 0.298 e. The van der Waals surface area contributed by atoms with Gasteiger partial charge in [0.05, 0.1) is 0 Å². The molecule has 0 spiro atoms. The van der Waals surface area contributed by atoms with Gasteiger partial charge in [-0.15, -0.1) is 0 Å².